The van der Waals surface area contributed by atoms with E-state index in [2.05, 4.69) is 32.9 Å². The third-order valence-electron chi connectivity index (χ3n) is 4.87. The first kappa shape index (κ1) is 17.1. The molecule has 0 amide bonds. The van der Waals surface area contributed by atoms with Crippen LogP contribution in [0.15, 0.2) is 72.8 Å². The Kier molecular flexibility index (Phi) is 4.51. The van der Waals surface area contributed by atoms with Crippen molar-refractivity contribution in [2.75, 3.05) is 0 Å². The van der Waals surface area contributed by atoms with Gasteiger partial charge in [-0.2, -0.15) is 0 Å². The van der Waals surface area contributed by atoms with Gasteiger partial charge in [0.15, 0.2) is 17.5 Å². The summed E-state index contributed by atoms with van der Waals surface area (Å²) >= 11 is 0. The zero-order valence-electron chi connectivity index (χ0n) is 15.8. The van der Waals surface area contributed by atoms with E-state index in [4.69, 9.17) is 15.0 Å². The first-order valence-electron chi connectivity index (χ1n) is 9.07. The summed E-state index contributed by atoms with van der Waals surface area (Å²) in [6.45, 7) is 6.36. The number of nitrogens with zero attached hydrogens (tertiary/aromatic N) is 3. The first-order valence-corrected chi connectivity index (χ1v) is 9.07. The van der Waals surface area contributed by atoms with Crippen molar-refractivity contribution in [3.05, 3.63) is 89.5 Å². The summed E-state index contributed by atoms with van der Waals surface area (Å²) < 4.78 is 0. The lowest BCUT2D eigenvalue weighted by molar-refractivity contribution is 1.06. The van der Waals surface area contributed by atoms with Crippen LogP contribution in [0.4, 0.5) is 0 Å². The highest BCUT2D eigenvalue weighted by Gasteiger charge is 2.15. The topological polar surface area (TPSA) is 38.7 Å². The molecular weight excluding hydrogens is 330 g/mol. The molecule has 0 saturated carbocycles. The molecule has 3 nitrogen and oxygen atoms in total. The SMILES string of the molecule is Cc1ccc(C)c(-c2nc(-c3ccccc3)nc(-c3ccccc3)n2)c1C. The number of rotatable bonds is 3. The highest BCUT2D eigenvalue weighted by atomic mass is 15.0. The molecule has 4 rings (SSSR count). The average molecular weight is 351 g/mol. The zero-order chi connectivity index (χ0) is 18.8. The number of benzene rings is 3. The van der Waals surface area contributed by atoms with Crippen LogP contribution in [0.2, 0.25) is 0 Å². The second kappa shape index (κ2) is 7.12. The van der Waals surface area contributed by atoms with E-state index in [1.807, 2.05) is 60.7 Å². The average Bonchev–Trinajstić information content (AvgIpc) is 2.72. The van der Waals surface area contributed by atoms with Crippen molar-refractivity contribution in [1.82, 2.24) is 15.0 Å². The van der Waals surface area contributed by atoms with E-state index >= 15 is 0 Å². The maximum Gasteiger partial charge on any atom is 0.164 e. The highest BCUT2D eigenvalue weighted by molar-refractivity contribution is 5.71. The molecule has 0 radical (unpaired) electrons. The van der Waals surface area contributed by atoms with Gasteiger partial charge in [0.25, 0.3) is 0 Å². The van der Waals surface area contributed by atoms with Crippen molar-refractivity contribution >= 4 is 0 Å². The molecule has 3 heteroatoms. The molecule has 0 saturated heterocycles. The van der Waals surface area contributed by atoms with Gasteiger partial charge >= 0.3 is 0 Å². The molecule has 0 aliphatic carbocycles. The van der Waals surface area contributed by atoms with Crippen LogP contribution in [-0.4, -0.2) is 15.0 Å². The third kappa shape index (κ3) is 3.36. The van der Waals surface area contributed by atoms with Crippen molar-refractivity contribution in [3.63, 3.8) is 0 Å². The van der Waals surface area contributed by atoms with Gasteiger partial charge in [-0.25, -0.2) is 15.0 Å². The third-order valence-corrected chi connectivity index (χ3v) is 4.87. The number of hydrogen-bond acceptors (Lipinski definition) is 3. The summed E-state index contributed by atoms with van der Waals surface area (Å²) in [6, 6.07) is 24.4. The summed E-state index contributed by atoms with van der Waals surface area (Å²) in [6.07, 6.45) is 0. The quantitative estimate of drug-likeness (QED) is 0.468. The Morgan fingerprint density at radius 1 is 0.481 bits per heavy atom. The zero-order valence-corrected chi connectivity index (χ0v) is 15.8. The predicted molar refractivity (Wildman–Crippen MR) is 110 cm³/mol. The van der Waals surface area contributed by atoms with Gasteiger partial charge in [0.05, 0.1) is 0 Å². The lowest BCUT2D eigenvalue weighted by Crippen LogP contribution is -2.02. The van der Waals surface area contributed by atoms with Gasteiger partial charge in [0.2, 0.25) is 0 Å². The molecular formula is C24H21N3. The molecule has 0 unspecified atom stereocenters. The van der Waals surface area contributed by atoms with Gasteiger partial charge < -0.3 is 0 Å². The maximum atomic E-state index is 4.84. The standard InChI is InChI=1S/C24H21N3/c1-16-14-15-17(2)21(18(16)3)24-26-22(19-10-6-4-7-11-19)25-23(27-24)20-12-8-5-9-13-20/h4-15H,1-3H3. The van der Waals surface area contributed by atoms with Gasteiger partial charge in [-0.3, -0.25) is 0 Å². The fraction of sp³-hybridized carbons (Fsp3) is 0.125. The minimum Gasteiger partial charge on any atom is -0.208 e. The molecule has 0 N–H and O–H groups in total. The molecule has 0 fully saturated rings. The Labute approximate surface area is 159 Å². The lowest BCUT2D eigenvalue weighted by atomic mass is 9.97. The lowest BCUT2D eigenvalue weighted by Gasteiger charge is -2.13. The second-order valence-corrected chi connectivity index (χ2v) is 6.74. The van der Waals surface area contributed by atoms with E-state index < -0.39 is 0 Å². The van der Waals surface area contributed by atoms with E-state index in [1.54, 1.807) is 0 Å². The molecule has 132 valence electrons. The predicted octanol–water partition coefficient (Wildman–Crippen LogP) is 5.80. The van der Waals surface area contributed by atoms with Crippen LogP contribution in [0.25, 0.3) is 34.2 Å². The van der Waals surface area contributed by atoms with Crippen LogP contribution in [-0.2, 0) is 0 Å². The van der Waals surface area contributed by atoms with Crippen molar-refractivity contribution < 1.29 is 0 Å². The van der Waals surface area contributed by atoms with E-state index in [0.717, 1.165) is 22.5 Å². The molecule has 27 heavy (non-hydrogen) atoms. The summed E-state index contributed by atoms with van der Waals surface area (Å²) in [5, 5.41) is 0. The van der Waals surface area contributed by atoms with Gasteiger partial charge in [-0.05, 0) is 37.5 Å². The molecule has 0 aliphatic heterocycles. The Morgan fingerprint density at radius 3 is 1.44 bits per heavy atom. The molecule has 0 atom stereocenters. The summed E-state index contributed by atoms with van der Waals surface area (Å²) in [5.41, 5.74) is 6.68. The minimum atomic E-state index is 0.694. The summed E-state index contributed by atoms with van der Waals surface area (Å²) in [4.78, 5) is 14.4. The van der Waals surface area contributed by atoms with Crippen LogP contribution in [0, 0.1) is 20.8 Å². The van der Waals surface area contributed by atoms with Crippen molar-refractivity contribution in [1.29, 1.82) is 0 Å². The van der Waals surface area contributed by atoms with Crippen molar-refractivity contribution in [3.8, 4) is 34.2 Å². The second-order valence-electron chi connectivity index (χ2n) is 6.74. The highest BCUT2D eigenvalue weighted by Crippen LogP contribution is 2.30. The number of aromatic nitrogens is 3. The molecule has 0 spiro atoms. The Morgan fingerprint density at radius 2 is 0.926 bits per heavy atom. The van der Waals surface area contributed by atoms with E-state index in [1.165, 1.54) is 16.7 Å². The molecule has 0 bridgehead atoms. The fourth-order valence-corrected chi connectivity index (χ4v) is 3.22. The van der Waals surface area contributed by atoms with Gasteiger partial charge in [-0.1, -0.05) is 72.8 Å². The minimum absolute atomic E-state index is 0.694. The van der Waals surface area contributed by atoms with Crippen LogP contribution in [0.1, 0.15) is 16.7 Å². The van der Waals surface area contributed by atoms with E-state index in [-0.39, 0.29) is 0 Å². The Balaban J connectivity index is 1.99. The maximum absolute atomic E-state index is 4.84. The molecule has 3 aromatic carbocycles. The largest absolute Gasteiger partial charge is 0.208 e. The van der Waals surface area contributed by atoms with Gasteiger partial charge in [0.1, 0.15) is 0 Å². The smallest absolute Gasteiger partial charge is 0.164 e. The number of hydrogen-bond donors (Lipinski definition) is 0. The molecule has 1 heterocycles. The molecule has 0 aliphatic rings. The van der Waals surface area contributed by atoms with Crippen molar-refractivity contribution in [2.45, 2.75) is 20.8 Å². The monoisotopic (exact) mass is 351 g/mol. The first-order chi connectivity index (χ1) is 13.1. The number of aryl methyl sites for hydroxylation is 2. The van der Waals surface area contributed by atoms with Crippen LogP contribution >= 0.6 is 0 Å². The van der Waals surface area contributed by atoms with Crippen LogP contribution in [0.5, 0.6) is 0 Å². The van der Waals surface area contributed by atoms with E-state index in [9.17, 15) is 0 Å². The van der Waals surface area contributed by atoms with Crippen LogP contribution in [0.3, 0.4) is 0 Å². The van der Waals surface area contributed by atoms with E-state index in [0.29, 0.717) is 11.6 Å². The van der Waals surface area contributed by atoms with Gasteiger partial charge in [-0.15, -0.1) is 0 Å². The normalized spacial score (nSPS) is 10.8. The fourth-order valence-electron chi connectivity index (χ4n) is 3.22. The summed E-state index contributed by atoms with van der Waals surface area (Å²) in [7, 11) is 0. The Bertz CT molecular complexity index is 1030. The van der Waals surface area contributed by atoms with Crippen LogP contribution < -0.4 is 0 Å². The molecule has 4 aromatic rings. The molecule has 1 aromatic heterocycles. The van der Waals surface area contributed by atoms with Crippen molar-refractivity contribution in [2.24, 2.45) is 0 Å². The summed E-state index contributed by atoms with van der Waals surface area (Å²) in [5.74, 6) is 2.11. The van der Waals surface area contributed by atoms with Gasteiger partial charge in [0, 0.05) is 16.7 Å². The Hall–Kier alpha value is -3.33.